The van der Waals surface area contributed by atoms with Crippen molar-refractivity contribution >= 4 is 11.6 Å². The van der Waals surface area contributed by atoms with E-state index in [-0.39, 0.29) is 5.60 Å². The molecule has 1 aliphatic rings. The van der Waals surface area contributed by atoms with Crippen LogP contribution in [0.1, 0.15) is 18.4 Å². The molecule has 1 heterocycles. The minimum absolute atomic E-state index is 0.285. The Morgan fingerprint density at radius 2 is 1.74 bits per heavy atom. The zero-order valence-electron chi connectivity index (χ0n) is 18.6. The van der Waals surface area contributed by atoms with Crippen molar-refractivity contribution in [3.05, 3.63) is 53.1 Å². The summed E-state index contributed by atoms with van der Waals surface area (Å²) in [6.07, 6.45) is 1.80. The number of hydrogen-bond donors (Lipinski definition) is 0. The topological polar surface area (TPSA) is 49.4 Å². The van der Waals surface area contributed by atoms with Crippen LogP contribution in [0.2, 0.25) is 5.02 Å². The second kappa shape index (κ2) is 11.6. The van der Waals surface area contributed by atoms with Crippen LogP contribution >= 0.6 is 11.6 Å². The van der Waals surface area contributed by atoms with Crippen molar-refractivity contribution in [2.45, 2.75) is 25.0 Å². The average molecular weight is 450 g/mol. The van der Waals surface area contributed by atoms with Gasteiger partial charge in [-0.3, -0.25) is 4.90 Å². The summed E-state index contributed by atoms with van der Waals surface area (Å²) < 4.78 is 28.2. The molecule has 6 nitrogen and oxygen atoms in total. The van der Waals surface area contributed by atoms with Gasteiger partial charge in [-0.05, 0) is 48.7 Å². The Hall–Kier alpha value is -1.99. The van der Waals surface area contributed by atoms with Crippen LogP contribution in [0.5, 0.6) is 17.2 Å². The largest absolute Gasteiger partial charge is 0.493 e. The van der Waals surface area contributed by atoms with E-state index in [0.29, 0.717) is 24.8 Å². The number of piperidine rings is 1. The zero-order chi connectivity index (χ0) is 22.1. The van der Waals surface area contributed by atoms with E-state index in [2.05, 4.69) is 17.0 Å². The van der Waals surface area contributed by atoms with Gasteiger partial charge in [-0.2, -0.15) is 0 Å². The maximum Gasteiger partial charge on any atom is 0.161 e. The molecule has 0 radical (unpaired) electrons. The minimum atomic E-state index is -0.285. The van der Waals surface area contributed by atoms with Crippen molar-refractivity contribution in [2.75, 3.05) is 54.2 Å². The van der Waals surface area contributed by atoms with Gasteiger partial charge in [0.05, 0.1) is 13.7 Å². The van der Waals surface area contributed by atoms with Gasteiger partial charge in [0.2, 0.25) is 0 Å². The van der Waals surface area contributed by atoms with Gasteiger partial charge in [-0.15, -0.1) is 0 Å². The highest BCUT2D eigenvalue weighted by Crippen LogP contribution is 2.31. The monoisotopic (exact) mass is 449 g/mol. The van der Waals surface area contributed by atoms with E-state index in [1.165, 1.54) is 5.56 Å². The molecule has 2 aromatic rings. The number of ether oxygens (including phenoxy) is 5. The molecule has 0 bridgehead atoms. The van der Waals surface area contributed by atoms with Crippen LogP contribution in [0.3, 0.4) is 0 Å². The van der Waals surface area contributed by atoms with Crippen molar-refractivity contribution < 1.29 is 23.7 Å². The van der Waals surface area contributed by atoms with Gasteiger partial charge in [0.1, 0.15) is 24.6 Å². The van der Waals surface area contributed by atoms with E-state index in [9.17, 15) is 0 Å². The molecular formula is C24H32ClNO5. The highest BCUT2D eigenvalue weighted by Gasteiger charge is 2.35. The quantitative estimate of drug-likeness (QED) is 0.473. The number of halogens is 1. The molecule has 31 heavy (non-hydrogen) atoms. The highest BCUT2D eigenvalue weighted by molar-refractivity contribution is 6.30. The minimum Gasteiger partial charge on any atom is -0.493 e. The first-order chi connectivity index (χ1) is 15.1. The van der Waals surface area contributed by atoms with Crippen molar-refractivity contribution in [2.24, 2.45) is 0 Å². The molecule has 0 N–H and O–H groups in total. The van der Waals surface area contributed by atoms with Crippen molar-refractivity contribution in [3.63, 3.8) is 0 Å². The number of likely N-dealkylation sites (tertiary alicyclic amines) is 1. The molecule has 170 valence electrons. The Kier molecular flexibility index (Phi) is 8.84. The van der Waals surface area contributed by atoms with Crippen LogP contribution < -0.4 is 14.2 Å². The lowest BCUT2D eigenvalue weighted by molar-refractivity contribution is -0.0839. The first-order valence-electron chi connectivity index (χ1n) is 10.5. The smallest absolute Gasteiger partial charge is 0.161 e. The number of methoxy groups -OCH3 is 3. The third-order valence-corrected chi connectivity index (χ3v) is 5.91. The van der Waals surface area contributed by atoms with Gasteiger partial charge < -0.3 is 23.7 Å². The molecule has 3 rings (SSSR count). The van der Waals surface area contributed by atoms with E-state index in [1.807, 2.05) is 30.3 Å². The van der Waals surface area contributed by atoms with E-state index in [4.69, 9.17) is 35.3 Å². The summed E-state index contributed by atoms with van der Waals surface area (Å²) in [5.74, 6) is 2.25. The van der Waals surface area contributed by atoms with Gasteiger partial charge in [0.15, 0.2) is 11.5 Å². The molecule has 1 aliphatic heterocycles. The summed E-state index contributed by atoms with van der Waals surface area (Å²) in [6.45, 7) is 4.24. The number of benzene rings is 2. The fourth-order valence-corrected chi connectivity index (χ4v) is 3.90. The summed E-state index contributed by atoms with van der Waals surface area (Å²) in [5, 5.41) is 0.670. The third-order valence-electron chi connectivity index (χ3n) is 5.68. The molecule has 0 aliphatic carbocycles. The number of rotatable bonds is 11. The van der Waals surface area contributed by atoms with E-state index < -0.39 is 0 Å². The molecule has 7 heteroatoms. The molecular weight excluding hydrogens is 418 g/mol. The molecule has 0 aromatic heterocycles. The standard InChI is InChI=1S/C24H32ClNO5/c1-27-13-14-30-23-15-19(7-8-22(23)28-2)17-26-11-9-24(29-3,10-12-26)18-31-21-6-4-5-20(25)16-21/h4-8,15-16H,9-14,17-18H2,1-3H3. The first kappa shape index (κ1) is 23.7. The molecule has 2 aromatic carbocycles. The van der Waals surface area contributed by atoms with Gasteiger partial charge in [-0.25, -0.2) is 0 Å². The summed E-state index contributed by atoms with van der Waals surface area (Å²) in [5.41, 5.74) is 0.904. The van der Waals surface area contributed by atoms with Gasteiger partial charge in [-0.1, -0.05) is 23.7 Å². The summed E-state index contributed by atoms with van der Waals surface area (Å²) in [7, 11) is 5.08. The zero-order valence-corrected chi connectivity index (χ0v) is 19.3. The van der Waals surface area contributed by atoms with Crippen molar-refractivity contribution in [1.82, 2.24) is 4.90 Å². The molecule has 1 fully saturated rings. The van der Waals surface area contributed by atoms with Gasteiger partial charge in [0.25, 0.3) is 0 Å². The van der Waals surface area contributed by atoms with Crippen molar-refractivity contribution in [3.8, 4) is 17.2 Å². The van der Waals surface area contributed by atoms with Crippen LogP contribution in [-0.4, -0.2) is 64.7 Å². The summed E-state index contributed by atoms with van der Waals surface area (Å²) in [6, 6.07) is 13.6. The Labute approximate surface area is 189 Å². The van der Waals surface area contributed by atoms with E-state index in [1.54, 1.807) is 21.3 Å². The first-order valence-corrected chi connectivity index (χ1v) is 10.9. The van der Waals surface area contributed by atoms with Crippen LogP contribution in [-0.2, 0) is 16.0 Å². The fourth-order valence-electron chi connectivity index (χ4n) is 3.72. The molecule has 1 saturated heterocycles. The maximum absolute atomic E-state index is 6.06. The molecule has 0 amide bonds. The number of hydrogen-bond acceptors (Lipinski definition) is 6. The predicted octanol–water partition coefficient (Wildman–Crippen LogP) is 4.43. The van der Waals surface area contributed by atoms with Crippen LogP contribution in [0.25, 0.3) is 0 Å². The summed E-state index contributed by atoms with van der Waals surface area (Å²) in [4.78, 5) is 2.43. The Bertz CT molecular complexity index is 823. The Balaban J connectivity index is 1.55. The van der Waals surface area contributed by atoms with Crippen molar-refractivity contribution in [1.29, 1.82) is 0 Å². The lowest BCUT2D eigenvalue weighted by atomic mass is 9.91. The van der Waals surface area contributed by atoms with Gasteiger partial charge >= 0.3 is 0 Å². The third kappa shape index (κ3) is 6.74. The van der Waals surface area contributed by atoms with Crippen LogP contribution in [0, 0.1) is 0 Å². The SMILES string of the molecule is COCCOc1cc(CN2CCC(COc3cccc(Cl)c3)(OC)CC2)ccc1OC. The predicted molar refractivity (Wildman–Crippen MR) is 122 cm³/mol. The Morgan fingerprint density at radius 3 is 2.42 bits per heavy atom. The Morgan fingerprint density at radius 1 is 0.935 bits per heavy atom. The highest BCUT2D eigenvalue weighted by atomic mass is 35.5. The lowest BCUT2D eigenvalue weighted by Crippen LogP contribution is -2.48. The summed E-state index contributed by atoms with van der Waals surface area (Å²) >= 11 is 6.06. The van der Waals surface area contributed by atoms with E-state index in [0.717, 1.165) is 49.7 Å². The second-order valence-corrected chi connectivity index (χ2v) is 8.17. The molecule has 0 saturated carbocycles. The average Bonchev–Trinajstić information content (AvgIpc) is 2.79. The second-order valence-electron chi connectivity index (χ2n) is 7.74. The van der Waals surface area contributed by atoms with Crippen LogP contribution in [0.15, 0.2) is 42.5 Å². The normalized spacial score (nSPS) is 16.1. The molecule has 0 unspecified atom stereocenters. The van der Waals surface area contributed by atoms with E-state index >= 15 is 0 Å². The van der Waals surface area contributed by atoms with Crippen LogP contribution in [0.4, 0.5) is 0 Å². The van der Waals surface area contributed by atoms with Gasteiger partial charge in [0, 0.05) is 38.9 Å². The molecule has 0 atom stereocenters. The number of nitrogens with zero attached hydrogens (tertiary/aromatic N) is 1. The fraction of sp³-hybridized carbons (Fsp3) is 0.500. The molecule has 0 spiro atoms. The lowest BCUT2D eigenvalue weighted by Gasteiger charge is -2.40. The maximum atomic E-state index is 6.06.